The van der Waals surface area contributed by atoms with Crippen LogP contribution in [0.15, 0.2) is 72.8 Å². The van der Waals surface area contributed by atoms with Crippen molar-refractivity contribution in [3.8, 4) is 5.88 Å². The summed E-state index contributed by atoms with van der Waals surface area (Å²) in [5, 5.41) is 8.30. The van der Waals surface area contributed by atoms with Crippen LogP contribution in [-0.4, -0.2) is 220 Å². The van der Waals surface area contributed by atoms with E-state index in [-0.39, 0.29) is 43.8 Å². The van der Waals surface area contributed by atoms with Gasteiger partial charge in [0.25, 0.3) is 0 Å². The normalized spacial score (nSPS) is 13.5. The molecule has 4 aromatic rings. The summed E-state index contributed by atoms with van der Waals surface area (Å²) in [6.07, 6.45) is 2.68. The molecule has 0 bridgehead atoms. The number of amides is 1. The number of piperidine rings is 1. The molecule has 1 fully saturated rings. The summed E-state index contributed by atoms with van der Waals surface area (Å²) in [6, 6.07) is 22.5. The zero-order valence-electron chi connectivity index (χ0n) is 48.6. The third-order valence-corrected chi connectivity index (χ3v) is 15.1. The number of hydrogen-bond donors (Lipinski definition) is 2. The Morgan fingerprint density at radius 1 is 0.565 bits per heavy atom. The summed E-state index contributed by atoms with van der Waals surface area (Å²) in [6.45, 7) is 10.9. The lowest BCUT2D eigenvalue weighted by molar-refractivity contribution is -0.121. The van der Waals surface area contributed by atoms with E-state index in [0.29, 0.717) is 216 Å². The van der Waals surface area contributed by atoms with Crippen LogP contribution in [0.3, 0.4) is 0 Å². The van der Waals surface area contributed by atoms with Gasteiger partial charge in [-0.15, -0.1) is 0 Å². The third kappa shape index (κ3) is 29.2. The maximum Gasteiger partial charge on any atom is 0.511 e. The number of ether oxygens (including phenoxy) is 13. The number of sulfonamides is 1. The molecule has 3 aromatic carbocycles. The van der Waals surface area contributed by atoms with Gasteiger partial charge in [-0.2, -0.15) is 17.5 Å². The Kier molecular flexibility index (Phi) is 36.1. The SMILES string of the molecule is COCCOCCOCCOCCOCCOCCOCCOCCOCCOCCOCCOCCNC(=O)CCCCCOc1cc(NC2CCN(S(=O)(=O)C(F)(F)F)CC2)c2cc(C(c3ccc(Cl)cc3)c3ccc(Cl)cc3)ccc2n1. The second-order valence-corrected chi connectivity index (χ2v) is 22.1. The number of nitrogens with zero attached hydrogens (tertiary/aromatic N) is 2. The summed E-state index contributed by atoms with van der Waals surface area (Å²) in [4.78, 5) is 17.3. The fraction of sp³-hybridized carbons (Fsp3) is 0.627. The van der Waals surface area contributed by atoms with Crippen LogP contribution in [0.1, 0.15) is 61.1 Å². The Hall–Kier alpha value is -4.06. The number of alkyl halides is 3. The van der Waals surface area contributed by atoms with Crippen LogP contribution in [-0.2, 0) is 71.7 Å². The second-order valence-electron chi connectivity index (χ2n) is 19.3. The number of anilines is 1. The molecule has 0 radical (unpaired) electrons. The Morgan fingerprint density at radius 3 is 1.40 bits per heavy atom. The number of methoxy groups -OCH3 is 1. The number of hydrogen-bond acceptors (Lipinski definition) is 18. The van der Waals surface area contributed by atoms with Gasteiger partial charge in [-0.05, 0) is 85.2 Å². The highest BCUT2D eigenvalue weighted by Crippen LogP contribution is 2.38. The van der Waals surface area contributed by atoms with Gasteiger partial charge in [0, 0.05) is 72.3 Å². The molecule has 1 aromatic heterocycles. The molecule has 0 atom stereocenters. The highest BCUT2D eigenvalue weighted by Gasteiger charge is 2.50. The van der Waals surface area contributed by atoms with Crippen molar-refractivity contribution < 1.29 is 88.0 Å². The summed E-state index contributed by atoms with van der Waals surface area (Å²) >= 11 is 12.5. The molecule has 0 saturated carbocycles. The lowest BCUT2D eigenvalue weighted by atomic mass is 9.84. The van der Waals surface area contributed by atoms with Gasteiger partial charge in [-0.25, -0.2) is 13.4 Å². The molecule has 1 amide bonds. The summed E-state index contributed by atoms with van der Waals surface area (Å²) in [7, 11) is -3.80. The van der Waals surface area contributed by atoms with Crippen LogP contribution in [0.2, 0.25) is 10.0 Å². The van der Waals surface area contributed by atoms with E-state index in [9.17, 15) is 26.4 Å². The molecule has 5 rings (SSSR count). The van der Waals surface area contributed by atoms with Crippen LogP contribution in [0.5, 0.6) is 5.88 Å². The summed E-state index contributed by atoms with van der Waals surface area (Å²) < 4.78 is 136. The van der Waals surface area contributed by atoms with Gasteiger partial charge in [0.15, 0.2) is 0 Å². The second kappa shape index (κ2) is 42.8. The maximum atomic E-state index is 13.4. The molecule has 478 valence electrons. The van der Waals surface area contributed by atoms with E-state index in [1.807, 2.05) is 66.7 Å². The molecule has 0 unspecified atom stereocenters. The molecule has 1 aliphatic heterocycles. The average Bonchev–Trinajstić information content (AvgIpc) is 1.84. The molecule has 85 heavy (non-hydrogen) atoms. The lowest BCUT2D eigenvalue weighted by Crippen LogP contribution is -2.47. The molecular weight excluding hydrogens is 1180 g/mol. The molecule has 2 N–H and O–H groups in total. The Morgan fingerprint density at radius 2 is 0.976 bits per heavy atom. The van der Waals surface area contributed by atoms with Crippen molar-refractivity contribution in [2.75, 3.05) is 191 Å². The molecule has 1 aliphatic rings. The van der Waals surface area contributed by atoms with E-state index in [1.165, 1.54) is 0 Å². The number of carbonyl (C=O) groups excluding carboxylic acids is 1. The maximum absolute atomic E-state index is 13.4. The van der Waals surface area contributed by atoms with Gasteiger partial charge in [0.05, 0.1) is 164 Å². The number of carbonyl (C=O) groups is 1. The van der Waals surface area contributed by atoms with Crippen LogP contribution < -0.4 is 15.4 Å². The summed E-state index contributed by atoms with van der Waals surface area (Å²) in [5.41, 5.74) is -1.20. The van der Waals surface area contributed by atoms with Crippen LogP contribution >= 0.6 is 23.2 Å². The number of halogens is 5. The highest BCUT2D eigenvalue weighted by atomic mass is 35.5. The molecule has 0 aliphatic carbocycles. The minimum Gasteiger partial charge on any atom is -0.478 e. The highest BCUT2D eigenvalue weighted by molar-refractivity contribution is 7.90. The van der Waals surface area contributed by atoms with E-state index < -0.39 is 15.5 Å². The van der Waals surface area contributed by atoms with Crippen molar-refractivity contribution in [2.24, 2.45) is 0 Å². The van der Waals surface area contributed by atoms with Crippen molar-refractivity contribution in [3.63, 3.8) is 0 Å². The summed E-state index contributed by atoms with van der Waals surface area (Å²) in [5.74, 6) is 0.0456. The van der Waals surface area contributed by atoms with Gasteiger partial charge in [0.1, 0.15) is 0 Å². The molecule has 26 heteroatoms. The number of unbranched alkanes of at least 4 members (excludes halogenated alkanes) is 2. The average molecular weight is 1270 g/mol. The first-order valence-electron chi connectivity index (χ1n) is 28.9. The number of nitrogens with one attached hydrogen (secondary N) is 2. The number of benzene rings is 3. The van der Waals surface area contributed by atoms with Crippen molar-refractivity contribution in [1.82, 2.24) is 14.6 Å². The molecule has 0 spiro atoms. The van der Waals surface area contributed by atoms with Crippen LogP contribution in [0.25, 0.3) is 10.9 Å². The van der Waals surface area contributed by atoms with Gasteiger partial charge < -0.3 is 72.2 Å². The number of rotatable bonds is 49. The van der Waals surface area contributed by atoms with Gasteiger partial charge in [-0.3, -0.25) is 4.79 Å². The van der Waals surface area contributed by atoms with Crippen molar-refractivity contribution in [1.29, 1.82) is 0 Å². The van der Waals surface area contributed by atoms with Crippen LogP contribution in [0, 0.1) is 0 Å². The van der Waals surface area contributed by atoms with E-state index >= 15 is 0 Å². The fourth-order valence-electron chi connectivity index (χ4n) is 8.62. The van der Waals surface area contributed by atoms with E-state index in [0.717, 1.165) is 28.5 Å². The first-order chi connectivity index (χ1) is 41.4. The minimum absolute atomic E-state index is 0.0764. The Balaban J connectivity index is 0.851. The first kappa shape index (κ1) is 71.7. The van der Waals surface area contributed by atoms with Gasteiger partial charge in [-0.1, -0.05) is 53.5 Å². The Bertz CT molecular complexity index is 2480. The number of aromatic nitrogens is 1. The molecule has 1 saturated heterocycles. The molecular formula is C59H85Cl2F3N4O16S. The molecule has 20 nitrogen and oxygen atoms in total. The van der Waals surface area contributed by atoms with Gasteiger partial charge >= 0.3 is 15.5 Å². The monoisotopic (exact) mass is 1260 g/mol. The van der Waals surface area contributed by atoms with E-state index in [4.69, 9.17) is 89.8 Å². The largest absolute Gasteiger partial charge is 0.511 e. The zero-order chi connectivity index (χ0) is 60.6. The van der Waals surface area contributed by atoms with E-state index in [1.54, 1.807) is 13.2 Å². The van der Waals surface area contributed by atoms with Crippen molar-refractivity contribution in [2.45, 2.75) is 56.0 Å². The minimum atomic E-state index is -5.44. The standard InChI is InChI=1S/C59H85Cl2F3N4O16S/c1-72-23-24-74-27-28-76-31-32-78-35-36-80-39-40-82-43-44-83-42-41-81-38-37-79-34-33-77-30-29-75-26-25-73-22-18-65-56(69)5-3-2-4-21-84-57-46-55(66-52-16-19-68(20-17-52)85(70,71)59(62,63)64)53-45-49(10-15-54(53)67-57)58(47-6-11-50(60)12-7-47)48-8-13-51(61)14-9-48/h6-15,45-46,52,58H,2-5,16-44H2,1H3,(H,65,69)(H,66,67). The predicted octanol–water partition coefficient (Wildman–Crippen LogP) is 8.33. The number of fused-ring (bicyclic) bond motifs is 1. The Labute approximate surface area is 508 Å². The van der Waals surface area contributed by atoms with E-state index in [2.05, 4.69) is 10.6 Å². The molecule has 2 heterocycles. The van der Waals surface area contributed by atoms with Crippen LogP contribution in [0.4, 0.5) is 18.9 Å². The quantitative estimate of drug-likeness (QED) is 0.0314. The number of pyridine rings is 1. The fourth-order valence-corrected chi connectivity index (χ4v) is 9.86. The zero-order valence-corrected chi connectivity index (χ0v) is 51.0. The topological polar surface area (TPSA) is 211 Å². The first-order valence-corrected chi connectivity index (χ1v) is 31.1. The van der Waals surface area contributed by atoms with Gasteiger partial charge in [0.2, 0.25) is 11.8 Å². The predicted molar refractivity (Wildman–Crippen MR) is 317 cm³/mol. The third-order valence-electron chi connectivity index (χ3n) is 13.0. The smallest absolute Gasteiger partial charge is 0.478 e. The van der Waals surface area contributed by atoms with Crippen molar-refractivity contribution >= 4 is 55.7 Å². The van der Waals surface area contributed by atoms with Crippen molar-refractivity contribution in [3.05, 3.63) is 99.5 Å². The lowest BCUT2D eigenvalue weighted by Gasteiger charge is -2.32.